The van der Waals surface area contributed by atoms with E-state index in [2.05, 4.69) is 20.9 Å². The second kappa shape index (κ2) is 5.49. The van der Waals surface area contributed by atoms with E-state index in [1.165, 1.54) is 13.0 Å². The minimum Gasteiger partial charge on any atom is -0.320 e. The van der Waals surface area contributed by atoms with Crippen LogP contribution in [-0.4, -0.2) is 45.0 Å². The van der Waals surface area contributed by atoms with Gasteiger partial charge in [-0.3, -0.25) is 15.5 Å². The SMILES string of the molecule is CNCCCN1CNCNC1. The molecule has 66 valence electrons. The molecule has 1 aliphatic rings. The molecule has 0 aromatic heterocycles. The average molecular weight is 158 g/mol. The van der Waals surface area contributed by atoms with Gasteiger partial charge in [0, 0.05) is 13.2 Å². The van der Waals surface area contributed by atoms with Gasteiger partial charge >= 0.3 is 0 Å². The van der Waals surface area contributed by atoms with E-state index in [1.54, 1.807) is 0 Å². The van der Waals surface area contributed by atoms with Crippen molar-refractivity contribution in [1.29, 1.82) is 0 Å². The summed E-state index contributed by atoms with van der Waals surface area (Å²) in [5, 5.41) is 9.65. The Bertz CT molecular complexity index is 90.4. The summed E-state index contributed by atoms with van der Waals surface area (Å²) in [6, 6.07) is 0. The number of hydrogen-bond donors (Lipinski definition) is 3. The molecule has 1 heterocycles. The second-order valence-electron chi connectivity index (χ2n) is 2.84. The van der Waals surface area contributed by atoms with Gasteiger partial charge in [0.05, 0.1) is 13.3 Å². The molecule has 0 unspecified atom stereocenters. The van der Waals surface area contributed by atoms with Crippen LogP contribution in [0.25, 0.3) is 0 Å². The molecule has 0 amide bonds. The highest BCUT2D eigenvalue weighted by molar-refractivity contribution is 4.60. The maximum atomic E-state index is 3.26. The Morgan fingerprint density at radius 3 is 2.73 bits per heavy atom. The predicted octanol–water partition coefficient (Wildman–Crippen LogP) is -1.04. The first-order valence-electron chi connectivity index (χ1n) is 4.22. The zero-order chi connectivity index (χ0) is 7.94. The van der Waals surface area contributed by atoms with Gasteiger partial charge in [-0.15, -0.1) is 0 Å². The topological polar surface area (TPSA) is 39.3 Å². The Labute approximate surface area is 68.3 Å². The molecule has 1 aliphatic heterocycles. The minimum absolute atomic E-state index is 0.947. The number of nitrogens with one attached hydrogen (secondary N) is 3. The summed E-state index contributed by atoms with van der Waals surface area (Å²) in [6.45, 7) is 5.27. The quantitative estimate of drug-likeness (QED) is 0.457. The van der Waals surface area contributed by atoms with Crippen molar-refractivity contribution < 1.29 is 0 Å². The van der Waals surface area contributed by atoms with Gasteiger partial charge in [0.25, 0.3) is 0 Å². The Morgan fingerprint density at radius 1 is 1.36 bits per heavy atom. The molecule has 11 heavy (non-hydrogen) atoms. The molecule has 0 aliphatic carbocycles. The maximum Gasteiger partial charge on any atom is 0.0502 e. The van der Waals surface area contributed by atoms with E-state index in [0.29, 0.717) is 0 Å². The fourth-order valence-electron chi connectivity index (χ4n) is 1.21. The minimum atomic E-state index is 0.947. The number of hydrogen-bond acceptors (Lipinski definition) is 4. The van der Waals surface area contributed by atoms with Crippen molar-refractivity contribution in [3.05, 3.63) is 0 Å². The normalized spacial score (nSPS) is 20.5. The Balaban J connectivity index is 1.96. The van der Waals surface area contributed by atoms with E-state index in [4.69, 9.17) is 0 Å². The van der Waals surface area contributed by atoms with Crippen molar-refractivity contribution in [2.75, 3.05) is 40.1 Å². The monoisotopic (exact) mass is 158 g/mol. The molecule has 0 radical (unpaired) electrons. The van der Waals surface area contributed by atoms with E-state index >= 15 is 0 Å². The summed E-state index contributed by atoms with van der Waals surface area (Å²) in [6.07, 6.45) is 1.22. The summed E-state index contributed by atoms with van der Waals surface area (Å²) in [7, 11) is 1.99. The van der Waals surface area contributed by atoms with Gasteiger partial charge in [-0.2, -0.15) is 0 Å². The third-order valence-corrected chi connectivity index (χ3v) is 1.82. The van der Waals surface area contributed by atoms with E-state index < -0.39 is 0 Å². The van der Waals surface area contributed by atoms with Crippen molar-refractivity contribution in [3.63, 3.8) is 0 Å². The van der Waals surface area contributed by atoms with Gasteiger partial charge in [-0.1, -0.05) is 0 Å². The lowest BCUT2D eigenvalue weighted by molar-refractivity contribution is 0.189. The summed E-state index contributed by atoms with van der Waals surface area (Å²) >= 11 is 0. The van der Waals surface area contributed by atoms with Crippen LogP contribution in [0.2, 0.25) is 0 Å². The van der Waals surface area contributed by atoms with Gasteiger partial charge in [0.1, 0.15) is 0 Å². The predicted molar refractivity (Wildman–Crippen MR) is 46.1 cm³/mol. The molecule has 0 spiro atoms. The molecule has 0 bridgehead atoms. The highest BCUT2D eigenvalue weighted by Gasteiger charge is 2.06. The van der Waals surface area contributed by atoms with Crippen molar-refractivity contribution in [1.82, 2.24) is 20.9 Å². The molecule has 0 atom stereocenters. The molecule has 0 saturated carbocycles. The van der Waals surface area contributed by atoms with Crippen LogP contribution in [0, 0.1) is 0 Å². The van der Waals surface area contributed by atoms with Gasteiger partial charge in [-0.05, 0) is 20.0 Å². The summed E-state index contributed by atoms with van der Waals surface area (Å²) in [5.41, 5.74) is 0. The van der Waals surface area contributed by atoms with Crippen LogP contribution in [0.3, 0.4) is 0 Å². The lowest BCUT2D eigenvalue weighted by Crippen LogP contribution is -2.50. The first-order valence-corrected chi connectivity index (χ1v) is 4.22. The summed E-state index contributed by atoms with van der Waals surface area (Å²) in [4.78, 5) is 2.36. The van der Waals surface area contributed by atoms with Crippen molar-refractivity contribution in [2.45, 2.75) is 6.42 Å². The van der Waals surface area contributed by atoms with Crippen molar-refractivity contribution in [3.8, 4) is 0 Å². The van der Waals surface area contributed by atoms with Crippen LogP contribution in [0.15, 0.2) is 0 Å². The van der Waals surface area contributed by atoms with Crippen LogP contribution < -0.4 is 16.0 Å². The van der Waals surface area contributed by atoms with Crippen LogP contribution in [-0.2, 0) is 0 Å². The van der Waals surface area contributed by atoms with Crippen LogP contribution in [0.4, 0.5) is 0 Å². The standard InChI is InChI=1S/C7H18N4/c1-8-3-2-4-11-6-9-5-10-7-11/h8-10H,2-7H2,1H3. The summed E-state index contributed by atoms with van der Waals surface area (Å²) in [5.74, 6) is 0. The molecule has 1 rings (SSSR count). The van der Waals surface area contributed by atoms with Gasteiger partial charge < -0.3 is 5.32 Å². The van der Waals surface area contributed by atoms with Gasteiger partial charge in [-0.25, -0.2) is 0 Å². The summed E-state index contributed by atoms with van der Waals surface area (Å²) < 4.78 is 0. The van der Waals surface area contributed by atoms with E-state index in [1.807, 2.05) is 7.05 Å². The Morgan fingerprint density at radius 2 is 2.09 bits per heavy atom. The lowest BCUT2D eigenvalue weighted by Gasteiger charge is -2.27. The first-order chi connectivity index (χ1) is 5.43. The fraction of sp³-hybridized carbons (Fsp3) is 1.00. The van der Waals surface area contributed by atoms with E-state index in [-0.39, 0.29) is 0 Å². The molecular formula is C7H18N4. The molecule has 1 fully saturated rings. The van der Waals surface area contributed by atoms with Gasteiger partial charge in [0.15, 0.2) is 0 Å². The Hall–Kier alpha value is -0.160. The average Bonchev–Trinajstić information content (AvgIpc) is 2.07. The largest absolute Gasteiger partial charge is 0.320 e. The number of nitrogens with zero attached hydrogens (tertiary/aromatic N) is 1. The van der Waals surface area contributed by atoms with Gasteiger partial charge in [0.2, 0.25) is 0 Å². The van der Waals surface area contributed by atoms with Crippen LogP contribution in [0.5, 0.6) is 0 Å². The van der Waals surface area contributed by atoms with Crippen molar-refractivity contribution in [2.24, 2.45) is 0 Å². The third-order valence-electron chi connectivity index (χ3n) is 1.82. The van der Waals surface area contributed by atoms with Crippen molar-refractivity contribution >= 4 is 0 Å². The highest BCUT2D eigenvalue weighted by Crippen LogP contribution is 1.89. The zero-order valence-electron chi connectivity index (χ0n) is 7.19. The maximum absolute atomic E-state index is 3.26. The molecule has 0 aromatic carbocycles. The molecule has 0 aromatic rings. The van der Waals surface area contributed by atoms with Crippen LogP contribution >= 0.6 is 0 Å². The molecule has 4 heteroatoms. The first kappa shape index (κ1) is 8.93. The second-order valence-corrected chi connectivity index (χ2v) is 2.84. The smallest absolute Gasteiger partial charge is 0.0502 e. The van der Waals surface area contributed by atoms with E-state index in [9.17, 15) is 0 Å². The molecule has 1 saturated heterocycles. The lowest BCUT2D eigenvalue weighted by atomic mass is 10.4. The third kappa shape index (κ3) is 3.67. The highest BCUT2D eigenvalue weighted by atomic mass is 15.4. The zero-order valence-corrected chi connectivity index (χ0v) is 7.19. The van der Waals surface area contributed by atoms with E-state index in [0.717, 1.165) is 26.6 Å². The molecule has 4 nitrogen and oxygen atoms in total. The Kier molecular flexibility index (Phi) is 4.45. The van der Waals surface area contributed by atoms with Crippen LogP contribution in [0.1, 0.15) is 6.42 Å². The molecular weight excluding hydrogens is 140 g/mol. The number of rotatable bonds is 4. The fourth-order valence-corrected chi connectivity index (χ4v) is 1.21. The molecule has 3 N–H and O–H groups in total.